The van der Waals surface area contributed by atoms with Crippen LogP contribution < -0.4 is 10.2 Å². The molecule has 1 aromatic carbocycles. The zero-order valence-corrected chi connectivity index (χ0v) is 24.8. The average Bonchev–Trinajstić information content (AvgIpc) is 3.17. The summed E-state index contributed by atoms with van der Waals surface area (Å²) in [7, 11) is 0. The van der Waals surface area contributed by atoms with Crippen molar-refractivity contribution in [3.63, 3.8) is 0 Å². The Balaban J connectivity index is 0.00000370. The van der Waals surface area contributed by atoms with Gasteiger partial charge in [-0.3, -0.25) is 19.6 Å². The molecule has 2 fully saturated rings. The Morgan fingerprint density at radius 3 is 2.67 bits per heavy atom. The molecule has 220 valence electrons. The molecule has 3 aliphatic rings. The lowest BCUT2D eigenvalue weighted by Crippen LogP contribution is -2.62. The molecule has 0 radical (unpaired) electrons. The first-order valence-electron chi connectivity index (χ1n) is 14.1. The van der Waals surface area contributed by atoms with Crippen molar-refractivity contribution >= 4 is 24.0 Å². The van der Waals surface area contributed by atoms with Crippen molar-refractivity contribution in [3.8, 4) is 0 Å². The number of aliphatic hydroxyl groups is 1. The number of anilines is 1. The molecule has 3 atom stereocenters. The van der Waals surface area contributed by atoms with Gasteiger partial charge in [-0.25, -0.2) is 4.39 Å². The molecule has 1 amide bonds. The van der Waals surface area contributed by atoms with E-state index in [0.29, 0.717) is 37.3 Å². The first kappa shape index (κ1) is 30.8. The average molecular weight is 576 g/mol. The van der Waals surface area contributed by atoms with Gasteiger partial charge in [0.1, 0.15) is 5.82 Å². The van der Waals surface area contributed by atoms with E-state index in [4.69, 9.17) is 9.72 Å². The quantitative estimate of drug-likeness (QED) is 0.525. The number of ether oxygens (including phenoxy) is 1. The monoisotopic (exact) mass is 575 g/mol. The summed E-state index contributed by atoms with van der Waals surface area (Å²) in [5.74, 6) is -0.211. The first-order chi connectivity index (χ1) is 18.6. The number of carbonyl (C=O) groups excluding carboxylic acids is 1. The van der Waals surface area contributed by atoms with Crippen molar-refractivity contribution in [2.45, 2.75) is 64.3 Å². The van der Waals surface area contributed by atoms with E-state index in [1.54, 1.807) is 12.1 Å². The minimum Gasteiger partial charge on any atom is -0.390 e. The van der Waals surface area contributed by atoms with Crippen molar-refractivity contribution in [3.05, 3.63) is 58.7 Å². The molecule has 0 spiro atoms. The molecule has 4 heterocycles. The normalized spacial score (nSPS) is 24.9. The number of hydrogen-bond donors (Lipinski definition) is 2. The number of carbonyl (C=O) groups is 1. The minimum absolute atomic E-state index is 0. The fourth-order valence-corrected chi connectivity index (χ4v) is 6.14. The molecule has 0 saturated carbocycles. The van der Waals surface area contributed by atoms with Crippen LogP contribution in [0.5, 0.6) is 0 Å². The van der Waals surface area contributed by atoms with E-state index in [2.05, 4.69) is 42.8 Å². The van der Waals surface area contributed by atoms with E-state index in [1.165, 1.54) is 12.1 Å². The predicted octanol–water partition coefficient (Wildman–Crippen LogP) is 2.73. The summed E-state index contributed by atoms with van der Waals surface area (Å²) < 4.78 is 19.1. The van der Waals surface area contributed by atoms with Crippen LogP contribution in [0.25, 0.3) is 0 Å². The fourth-order valence-electron chi connectivity index (χ4n) is 6.14. The predicted molar refractivity (Wildman–Crippen MR) is 157 cm³/mol. The molecule has 1 aromatic heterocycles. The maximum absolute atomic E-state index is 13.9. The number of morpholine rings is 1. The highest BCUT2D eigenvalue weighted by atomic mass is 35.5. The zero-order chi connectivity index (χ0) is 27.7. The van der Waals surface area contributed by atoms with Gasteiger partial charge >= 0.3 is 0 Å². The van der Waals surface area contributed by atoms with Gasteiger partial charge in [-0.1, -0.05) is 26.0 Å². The maximum Gasteiger partial charge on any atom is 0.241 e. The number of hydrogen-bond acceptors (Lipinski definition) is 7. The highest BCUT2D eigenvalue weighted by molar-refractivity contribution is 5.97. The lowest BCUT2D eigenvalue weighted by Gasteiger charge is -2.43. The molecule has 5 rings (SSSR count). The van der Waals surface area contributed by atoms with Gasteiger partial charge in [0.15, 0.2) is 0 Å². The fraction of sp³-hybridized carbons (Fsp3) is 0.600. The van der Waals surface area contributed by atoms with Gasteiger partial charge in [0.25, 0.3) is 0 Å². The third-order valence-electron chi connectivity index (χ3n) is 8.43. The molecule has 2 saturated heterocycles. The Bertz CT molecular complexity index is 1180. The number of fused-ring (bicyclic) bond motifs is 1. The molecule has 10 heteroatoms. The summed E-state index contributed by atoms with van der Waals surface area (Å²) in [5, 5.41) is 13.7. The second-order valence-corrected chi connectivity index (χ2v) is 12.1. The van der Waals surface area contributed by atoms with Gasteiger partial charge in [0.2, 0.25) is 5.91 Å². The van der Waals surface area contributed by atoms with Crippen LogP contribution >= 0.6 is 12.4 Å². The number of halogens is 2. The number of aliphatic hydroxyl groups excluding tert-OH is 1. The SMILES string of the molecule is C[C@@H]1CN(CC(=O)N2CC(C)(C)c3nc(CO)c(Cc4ccc(F)cc4)cc32)[C@@H](CN2CCOC[C@H]2C)CN1.Cl. The smallest absolute Gasteiger partial charge is 0.241 e. The highest BCUT2D eigenvalue weighted by Gasteiger charge is 2.41. The number of amides is 1. The Kier molecular flexibility index (Phi) is 9.86. The van der Waals surface area contributed by atoms with Crippen LogP contribution in [0.1, 0.15) is 50.2 Å². The van der Waals surface area contributed by atoms with Gasteiger partial charge in [0, 0.05) is 56.3 Å². The molecule has 0 bridgehead atoms. The van der Waals surface area contributed by atoms with Crippen molar-refractivity contribution in [1.82, 2.24) is 20.1 Å². The Morgan fingerprint density at radius 1 is 1.23 bits per heavy atom. The van der Waals surface area contributed by atoms with Crippen LogP contribution in [0.15, 0.2) is 30.3 Å². The van der Waals surface area contributed by atoms with E-state index in [0.717, 1.165) is 61.9 Å². The van der Waals surface area contributed by atoms with E-state index < -0.39 is 0 Å². The lowest BCUT2D eigenvalue weighted by atomic mass is 9.90. The van der Waals surface area contributed by atoms with Gasteiger partial charge in [-0.2, -0.15) is 0 Å². The summed E-state index contributed by atoms with van der Waals surface area (Å²) >= 11 is 0. The number of nitrogens with zero attached hydrogens (tertiary/aromatic N) is 4. The third kappa shape index (κ3) is 6.66. The van der Waals surface area contributed by atoms with Gasteiger partial charge in [-0.15, -0.1) is 12.4 Å². The molecule has 2 aromatic rings. The van der Waals surface area contributed by atoms with Gasteiger partial charge < -0.3 is 20.1 Å². The van der Waals surface area contributed by atoms with E-state index in [-0.39, 0.29) is 42.2 Å². The van der Waals surface area contributed by atoms with Crippen molar-refractivity contribution in [1.29, 1.82) is 0 Å². The number of nitrogens with one attached hydrogen (secondary N) is 1. The maximum atomic E-state index is 13.9. The number of rotatable bonds is 7. The van der Waals surface area contributed by atoms with Gasteiger partial charge in [-0.05, 0) is 49.6 Å². The molecule has 40 heavy (non-hydrogen) atoms. The lowest BCUT2D eigenvalue weighted by molar-refractivity contribution is -0.121. The second kappa shape index (κ2) is 12.8. The minimum atomic E-state index is -0.331. The van der Waals surface area contributed by atoms with Crippen molar-refractivity contribution < 1.29 is 19.0 Å². The number of pyridine rings is 1. The van der Waals surface area contributed by atoms with Crippen LogP contribution in [0.3, 0.4) is 0 Å². The van der Waals surface area contributed by atoms with Crippen LogP contribution in [0.2, 0.25) is 0 Å². The largest absolute Gasteiger partial charge is 0.390 e. The summed E-state index contributed by atoms with van der Waals surface area (Å²) in [5.41, 5.74) is 3.72. The molecule has 2 N–H and O–H groups in total. The highest BCUT2D eigenvalue weighted by Crippen LogP contribution is 2.41. The summed E-state index contributed by atoms with van der Waals surface area (Å²) in [6.07, 6.45) is 0.508. The van der Waals surface area contributed by atoms with E-state index in [1.807, 2.05) is 11.0 Å². The standard InChI is InChI=1S/C30H42FN5O3.ClH/c1-20-14-35(25(13-32-20)15-34-9-10-39-18-21(34)2)16-28(38)36-19-30(3,4)29-27(36)12-23(26(17-37)33-29)11-22-5-7-24(31)8-6-22;/h5-8,12,20-21,25,32,37H,9-11,13-19H2,1-4H3;1H/t20-,21-,25-;/m1./s1. The zero-order valence-electron chi connectivity index (χ0n) is 24.0. The Labute approximate surface area is 243 Å². The molecular weight excluding hydrogens is 533 g/mol. The summed E-state index contributed by atoms with van der Waals surface area (Å²) in [6, 6.07) is 9.31. The Hall–Kier alpha value is -2.14. The first-order valence-corrected chi connectivity index (χ1v) is 14.1. The molecule has 8 nitrogen and oxygen atoms in total. The van der Waals surface area contributed by atoms with Crippen molar-refractivity contribution in [2.24, 2.45) is 0 Å². The van der Waals surface area contributed by atoms with Gasteiger partial charge in [0.05, 0.1) is 43.4 Å². The molecule has 3 aliphatic heterocycles. The van der Waals surface area contributed by atoms with Crippen molar-refractivity contribution in [2.75, 3.05) is 57.4 Å². The van der Waals surface area contributed by atoms with Crippen LogP contribution in [0, 0.1) is 5.82 Å². The molecule has 0 unspecified atom stereocenters. The van der Waals surface area contributed by atoms with Crippen LogP contribution in [0.4, 0.5) is 10.1 Å². The summed E-state index contributed by atoms with van der Waals surface area (Å²) in [4.78, 5) is 25.5. The summed E-state index contributed by atoms with van der Waals surface area (Å²) in [6.45, 7) is 14.3. The number of benzene rings is 1. The number of piperazine rings is 1. The third-order valence-corrected chi connectivity index (χ3v) is 8.43. The topological polar surface area (TPSA) is 81.2 Å². The van der Waals surface area contributed by atoms with E-state index in [9.17, 15) is 14.3 Å². The second-order valence-electron chi connectivity index (χ2n) is 12.1. The Morgan fingerprint density at radius 2 is 1.98 bits per heavy atom. The van der Waals surface area contributed by atoms with Crippen LogP contribution in [-0.4, -0.2) is 96.4 Å². The molecule has 0 aliphatic carbocycles. The number of aromatic nitrogens is 1. The van der Waals surface area contributed by atoms with Crippen LogP contribution in [-0.2, 0) is 28.0 Å². The molecular formula is C30H43ClFN5O3. The van der Waals surface area contributed by atoms with E-state index >= 15 is 0 Å².